The quantitative estimate of drug-likeness (QED) is 0.660. The lowest BCUT2D eigenvalue weighted by atomic mass is 9.94. The van der Waals surface area contributed by atoms with Crippen LogP contribution in [0.4, 0.5) is 5.13 Å². The first-order chi connectivity index (χ1) is 11.0. The Hall–Kier alpha value is -1.63. The van der Waals surface area contributed by atoms with E-state index >= 15 is 0 Å². The Balaban J connectivity index is 1.80. The Kier molecular flexibility index (Phi) is 3.55. The van der Waals surface area contributed by atoms with Crippen molar-refractivity contribution in [1.29, 1.82) is 0 Å². The molecule has 0 unspecified atom stereocenters. The highest BCUT2D eigenvalue weighted by atomic mass is 35.5. The Morgan fingerprint density at radius 3 is 2.96 bits per heavy atom. The van der Waals surface area contributed by atoms with Gasteiger partial charge in [-0.3, -0.25) is 4.79 Å². The van der Waals surface area contributed by atoms with Gasteiger partial charge in [-0.15, -0.1) is 5.10 Å². The monoisotopic (exact) mass is 366 g/mol. The number of fused-ring (bicyclic) bond motifs is 2. The summed E-state index contributed by atoms with van der Waals surface area (Å²) in [4.78, 5) is 18.8. The van der Waals surface area contributed by atoms with Crippen LogP contribution in [-0.4, -0.2) is 21.1 Å². The van der Waals surface area contributed by atoms with Crippen molar-refractivity contribution < 1.29 is 0 Å². The molecule has 2 aromatic heterocycles. The topological polar surface area (TPSA) is 50.5 Å². The van der Waals surface area contributed by atoms with Gasteiger partial charge in [0.25, 0.3) is 5.56 Å². The minimum absolute atomic E-state index is 0.0752. The first-order valence-electron chi connectivity index (χ1n) is 7.14. The molecule has 4 rings (SSSR count). The standard InChI is InChI=1S/C15H12Cl2N4OS/c1-8-11-6-9(16)7-12(17)10(11)3-5-20(8)15-19-21-13(22)2-4-18-14(21)23-15/h2,4,6-8H,3,5H2,1H3/t8-/m1/s1. The SMILES string of the molecule is C[C@@H]1c2cc(Cl)cc(Cl)c2CCN1c1nn2c(=O)ccnc2s1. The summed E-state index contributed by atoms with van der Waals surface area (Å²) in [6, 6.07) is 5.22. The van der Waals surface area contributed by atoms with E-state index in [1.54, 1.807) is 6.07 Å². The highest BCUT2D eigenvalue weighted by Crippen LogP contribution is 2.39. The molecular formula is C15H12Cl2N4OS. The predicted molar refractivity (Wildman–Crippen MR) is 93.1 cm³/mol. The molecule has 0 saturated heterocycles. The lowest BCUT2D eigenvalue weighted by molar-refractivity contribution is 0.617. The number of halogens is 2. The molecule has 1 aromatic carbocycles. The van der Waals surface area contributed by atoms with E-state index in [-0.39, 0.29) is 11.6 Å². The number of nitrogens with zero attached hydrogens (tertiary/aromatic N) is 4. The van der Waals surface area contributed by atoms with Gasteiger partial charge in [0.1, 0.15) is 0 Å². The number of hydrogen-bond donors (Lipinski definition) is 0. The van der Waals surface area contributed by atoms with Crippen LogP contribution in [-0.2, 0) is 6.42 Å². The smallest absolute Gasteiger partial charge is 0.275 e. The van der Waals surface area contributed by atoms with Crippen LogP contribution in [0.15, 0.2) is 29.2 Å². The summed E-state index contributed by atoms with van der Waals surface area (Å²) < 4.78 is 1.34. The van der Waals surface area contributed by atoms with E-state index in [0.29, 0.717) is 15.0 Å². The summed E-state index contributed by atoms with van der Waals surface area (Å²) in [5.41, 5.74) is 2.07. The number of benzene rings is 1. The molecule has 0 aliphatic carbocycles. The number of aromatic nitrogens is 3. The van der Waals surface area contributed by atoms with Crippen LogP contribution in [0, 0.1) is 0 Å². The number of hydrogen-bond acceptors (Lipinski definition) is 5. The van der Waals surface area contributed by atoms with Crippen molar-refractivity contribution in [3.05, 3.63) is 55.9 Å². The van der Waals surface area contributed by atoms with Crippen LogP contribution in [0.2, 0.25) is 10.0 Å². The fourth-order valence-corrected chi connectivity index (χ4v) is 4.55. The zero-order valence-electron chi connectivity index (χ0n) is 12.2. The largest absolute Gasteiger partial charge is 0.340 e. The lowest BCUT2D eigenvalue weighted by Crippen LogP contribution is -2.34. The van der Waals surface area contributed by atoms with Crippen molar-refractivity contribution in [2.75, 3.05) is 11.4 Å². The molecule has 0 spiro atoms. The van der Waals surface area contributed by atoms with Gasteiger partial charge in [0.15, 0.2) is 0 Å². The molecule has 1 aliphatic rings. The molecule has 0 saturated carbocycles. The van der Waals surface area contributed by atoms with E-state index in [1.807, 2.05) is 6.07 Å². The second-order valence-corrected chi connectivity index (χ2v) is 7.21. The third-order valence-electron chi connectivity index (χ3n) is 4.12. The summed E-state index contributed by atoms with van der Waals surface area (Å²) in [6.07, 6.45) is 2.32. The number of rotatable bonds is 1. The molecule has 0 bridgehead atoms. The van der Waals surface area contributed by atoms with Crippen LogP contribution in [0.5, 0.6) is 0 Å². The van der Waals surface area contributed by atoms with Crippen molar-refractivity contribution >= 4 is 44.6 Å². The van der Waals surface area contributed by atoms with Crippen molar-refractivity contribution in [2.24, 2.45) is 0 Å². The summed E-state index contributed by atoms with van der Waals surface area (Å²) in [5.74, 6) is 0. The zero-order chi connectivity index (χ0) is 16.1. The van der Waals surface area contributed by atoms with Gasteiger partial charge < -0.3 is 4.90 Å². The molecule has 1 aliphatic heterocycles. The summed E-state index contributed by atoms with van der Waals surface area (Å²) >= 11 is 13.9. The summed E-state index contributed by atoms with van der Waals surface area (Å²) in [5, 5.41) is 6.54. The van der Waals surface area contributed by atoms with E-state index < -0.39 is 0 Å². The zero-order valence-corrected chi connectivity index (χ0v) is 14.5. The highest BCUT2D eigenvalue weighted by Gasteiger charge is 2.28. The lowest BCUT2D eigenvalue weighted by Gasteiger charge is -2.35. The summed E-state index contributed by atoms with van der Waals surface area (Å²) in [6.45, 7) is 2.87. The molecule has 0 radical (unpaired) electrons. The van der Waals surface area contributed by atoms with Crippen LogP contribution < -0.4 is 10.5 Å². The summed E-state index contributed by atoms with van der Waals surface area (Å²) in [7, 11) is 0. The van der Waals surface area contributed by atoms with Crippen molar-refractivity contribution in [3.8, 4) is 0 Å². The molecule has 1 atom stereocenters. The molecular weight excluding hydrogens is 355 g/mol. The van der Waals surface area contributed by atoms with E-state index in [0.717, 1.165) is 29.2 Å². The maximum atomic E-state index is 11.9. The van der Waals surface area contributed by atoms with Crippen LogP contribution in [0.25, 0.3) is 4.96 Å². The normalized spacial score (nSPS) is 17.5. The maximum Gasteiger partial charge on any atom is 0.275 e. The van der Waals surface area contributed by atoms with Gasteiger partial charge in [0, 0.05) is 28.9 Å². The fourth-order valence-electron chi connectivity index (χ4n) is 2.96. The molecule has 5 nitrogen and oxygen atoms in total. The van der Waals surface area contributed by atoms with Gasteiger partial charge in [-0.2, -0.15) is 4.52 Å². The molecule has 8 heteroatoms. The Bertz CT molecular complexity index is 968. The molecule has 0 N–H and O–H groups in total. The van der Waals surface area contributed by atoms with E-state index in [9.17, 15) is 4.79 Å². The molecule has 0 amide bonds. The van der Waals surface area contributed by atoms with Crippen molar-refractivity contribution in [2.45, 2.75) is 19.4 Å². The van der Waals surface area contributed by atoms with Gasteiger partial charge in [-0.05, 0) is 36.6 Å². The molecule has 3 aromatic rings. The van der Waals surface area contributed by atoms with E-state index in [1.165, 1.54) is 28.1 Å². The Labute approximate surface area is 146 Å². The number of anilines is 1. The average molecular weight is 367 g/mol. The Morgan fingerprint density at radius 2 is 2.17 bits per heavy atom. The average Bonchev–Trinajstić information content (AvgIpc) is 2.93. The molecule has 118 valence electrons. The first kappa shape index (κ1) is 14.9. The van der Waals surface area contributed by atoms with E-state index in [4.69, 9.17) is 23.2 Å². The second kappa shape index (κ2) is 5.47. The third kappa shape index (κ3) is 2.41. The Morgan fingerprint density at radius 1 is 1.35 bits per heavy atom. The van der Waals surface area contributed by atoms with Gasteiger partial charge in [0.05, 0.1) is 6.04 Å². The minimum Gasteiger partial charge on any atom is -0.340 e. The first-order valence-corrected chi connectivity index (χ1v) is 8.71. The third-order valence-corrected chi connectivity index (χ3v) is 5.64. The van der Waals surface area contributed by atoms with Gasteiger partial charge in [0.2, 0.25) is 10.1 Å². The van der Waals surface area contributed by atoms with Gasteiger partial charge in [-0.1, -0.05) is 34.5 Å². The van der Waals surface area contributed by atoms with Crippen LogP contribution in [0.3, 0.4) is 0 Å². The minimum atomic E-state index is -0.173. The maximum absolute atomic E-state index is 11.9. The fraction of sp³-hybridized carbons (Fsp3) is 0.267. The molecule has 0 fully saturated rings. The molecule has 3 heterocycles. The van der Waals surface area contributed by atoms with E-state index in [2.05, 4.69) is 21.9 Å². The van der Waals surface area contributed by atoms with Gasteiger partial charge >= 0.3 is 0 Å². The van der Waals surface area contributed by atoms with Crippen molar-refractivity contribution in [3.63, 3.8) is 0 Å². The highest BCUT2D eigenvalue weighted by molar-refractivity contribution is 7.20. The second-order valence-electron chi connectivity index (χ2n) is 5.44. The van der Waals surface area contributed by atoms with Crippen LogP contribution in [0.1, 0.15) is 24.1 Å². The molecule has 23 heavy (non-hydrogen) atoms. The predicted octanol–water partition coefficient (Wildman–Crippen LogP) is 3.58. The van der Waals surface area contributed by atoms with Gasteiger partial charge in [-0.25, -0.2) is 4.98 Å². The van der Waals surface area contributed by atoms with Crippen molar-refractivity contribution in [1.82, 2.24) is 14.6 Å². The van der Waals surface area contributed by atoms with Crippen LogP contribution >= 0.6 is 34.5 Å².